The number of aromatic nitrogens is 2. The third kappa shape index (κ3) is 4.62. The van der Waals surface area contributed by atoms with E-state index in [-0.39, 0.29) is 6.04 Å². The van der Waals surface area contributed by atoms with E-state index in [9.17, 15) is 0 Å². The van der Waals surface area contributed by atoms with Crippen molar-refractivity contribution in [3.05, 3.63) is 133 Å². The number of nitrogens with zero attached hydrogens (tertiary/aromatic N) is 2. The molecule has 214 valence electrons. The second kappa shape index (κ2) is 10.6. The molecule has 0 amide bonds. The predicted molar refractivity (Wildman–Crippen MR) is 182 cm³/mol. The average molecular weight is 579 g/mol. The molecule has 2 aliphatic rings. The van der Waals surface area contributed by atoms with Crippen molar-refractivity contribution in [2.24, 2.45) is 0 Å². The van der Waals surface area contributed by atoms with Crippen LogP contribution >= 0.6 is 0 Å². The van der Waals surface area contributed by atoms with Gasteiger partial charge in [0.1, 0.15) is 0 Å². The molecule has 5 aromatic rings. The zero-order chi connectivity index (χ0) is 29.9. The van der Waals surface area contributed by atoms with Gasteiger partial charge in [-0.05, 0) is 72.4 Å². The molecule has 7 rings (SSSR count). The Bertz CT molecular complexity index is 1860. The van der Waals surface area contributed by atoms with Crippen LogP contribution in [0.1, 0.15) is 54.8 Å². The summed E-state index contributed by atoms with van der Waals surface area (Å²) in [5, 5.41) is 1.56. The number of rotatable bonds is 3. The van der Waals surface area contributed by atoms with Crippen LogP contribution in [0.5, 0.6) is 0 Å². The maximum atomic E-state index is 5.02. The summed E-state index contributed by atoms with van der Waals surface area (Å²) in [6, 6.07) is 38.3. The standard InChI is InChI=1S/C40H42N2Si/c1-27(2)35-25-38-33-20-13-12-19-32(33)34-24-23-29-15-10-11-18-31(29)37-22-14-21-36(30-16-8-7-9-17-30)42(37)28(3)40(34)41(38)26-39(35)43(4,5)6/h7-22,25-27,34,40H,3,23-24H2,1-2,4-6H3/q+2. The van der Waals surface area contributed by atoms with E-state index in [0.29, 0.717) is 11.8 Å². The monoisotopic (exact) mass is 578 g/mol. The van der Waals surface area contributed by atoms with Crippen molar-refractivity contribution >= 4 is 19.0 Å². The Balaban J connectivity index is 1.57. The molecule has 0 bridgehead atoms. The Kier molecular flexibility index (Phi) is 6.82. The van der Waals surface area contributed by atoms with Crippen molar-refractivity contribution in [3.63, 3.8) is 0 Å². The lowest BCUT2D eigenvalue weighted by atomic mass is 9.78. The maximum absolute atomic E-state index is 5.02. The largest absolute Gasteiger partial charge is 0.250 e. The lowest BCUT2D eigenvalue weighted by Crippen LogP contribution is -2.57. The number of hydrogen-bond acceptors (Lipinski definition) is 0. The molecular formula is C40H42N2Si+2. The first-order valence-corrected chi connectivity index (χ1v) is 19.3. The molecule has 0 aliphatic carbocycles. The van der Waals surface area contributed by atoms with E-state index in [1.807, 2.05) is 0 Å². The fourth-order valence-corrected chi connectivity index (χ4v) is 9.31. The van der Waals surface area contributed by atoms with Crippen LogP contribution < -0.4 is 14.3 Å². The number of hydrogen-bond donors (Lipinski definition) is 0. The van der Waals surface area contributed by atoms with Crippen LogP contribution in [0.15, 0.2) is 116 Å². The van der Waals surface area contributed by atoms with Gasteiger partial charge in [0.15, 0.2) is 6.20 Å². The number of pyridine rings is 2. The Hall–Kier alpha value is -4.08. The van der Waals surface area contributed by atoms with Gasteiger partial charge in [-0.25, -0.2) is 0 Å². The first-order chi connectivity index (χ1) is 20.7. The molecule has 2 nitrogen and oxygen atoms in total. The molecule has 0 saturated heterocycles. The average Bonchev–Trinajstić information content (AvgIpc) is 3.07. The molecule has 2 atom stereocenters. The number of allylic oxidation sites excluding steroid dienone is 1. The first-order valence-electron chi connectivity index (χ1n) is 15.8. The van der Waals surface area contributed by atoms with E-state index in [1.54, 1.807) is 5.19 Å². The highest BCUT2D eigenvalue weighted by molar-refractivity contribution is 6.89. The SMILES string of the molecule is C=C1C2C(CCc3ccccc3-c3cccc(-c4ccccc4)[n+]31)c1ccccc1-c1cc(C(C)C)c([Si](C)(C)C)c[n+]12. The van der Waals surface area contributed by atoms with Crippen LogP contribution in [0.3, 0.4) is 0 Å². The van der Waals surface area contributed by atoms with E-state index in [4.69, 9.17) is 6.58 Å². The van der Waals surface area contributed by atoms with Gasteiger partial charge in [0.2, 0.25) is 28.8 Å². The third-order valence-electron chi connectivity index (χ3n) is 9.60. The smallest absolute Gasteiger partial charge is 0.184 e. The summed E-state index contributed by atoms with van der Waals surface area (Å²) in [5.74, 6) is 0.770. The minimum absolute atomic E-state index is 0.0872. The van der Waals surface area contributed by atoms with Gasteiger partial charge in [0.25, 0.3) is 0 Å². The van der Waals surface area contributed by atoms with Gasteiger partial charge in [-0.3, -0.25) is 0 Å². The van der Waals surface area contributed by atoms with Crippen LogP contribution in [0.4, 0.5) is 0 Å². The van der Waals surface area contributed by atoms with E-state index in [2.05, 4.69) is 152 Å². The van der Waals surface area contributed by atoms with Gasteiger partial charge < -0.3 is 0 Å². The molecule has 2 aromatic heterocycles. The number of benzene rings is 3. The van der Waals surface area contributed by atoms with Crippen LogP contribution in [-0.2, 0) is 6.42 Å². The van der Waals surface area contributed by atoms with Crippen molar-refractivity contribution in [3.8, 4) is 33.8 Å². The molecule has 2 aliphatic heterocycles. The lowest BCUT2D eigenvalue weighted by Gasteiger charge is -2.32. The highest BCUT2D eigenvalue weighted by Crippen LogP contribution is 2.45. The molecule has 0 saturated carbocycles. The van der Waals surface area contributed by atoms with Crippen LogP contribution in [-0.4, -0.2) is 8.07 Å². The molecule has 0 spiro atoms. The molecule has 0 fully saturated rings. The maximum Gasteiger partial charge on any atom is 0.250 e. The van der Waals surface area contributed by atoms with Gasteiger partial charge in [-0.2, -0.15) is 9.13 Å². The molecule has 43 heavy (non-hydrogen) atoms. The minimum Gasteiger partial charge on any atom is -0.184 e. The quantitative estimate of drug-likeness (QED) is 0.149. The number of aryl methyl sites for hydroxylation is 1. The molecule has 2 unspecified atom stereocenters. The van der Waals surface area contributed by atoms with Gasteiger partial charge >= 0.3 is 0 Å². The zero-order valence-electron chi connectivity index (χ0n) is 26.1. The van der Waals surface area contributed by atoms with Crippen molar-refractivity contribution in [2.75, 3.05) is 0 Å². The second-order valence-corrected chi connectivity index (χ2v) is 18.7. The van der Waals surface area contributed by atoms with Crippen LogP contribution in [0.25, 0.3) is 39.5 Å². The van der Waals surface area contributed by atoms with E-state index in [1.165, 1.54) is 50.5 Å². The van der Waals surface area contributed by atoms with Gasteiger partial charge in [0.05, 0.1) is 14.0 Å². The Morgan fingerprint density at radius 2 is 1.42 bits per heavy atom. The Labute approximate surface area is 258 Å². The fraction of sp³-hybridized carbons (Fsp3) is 0.250. The topological polar surface area (TPSA) is 7.76 Å². The van der Waals surface area contributed by atoms with Crippen LogP contribution in [0, 0.1) is 0 Å². The highest BCUT2D eigenvalue weighted by Gasteiger charge is 2.48. The normalized spacial score (nSPS) is 17.5. The van der Waals surface area contributed by atoms with Crippen molar-refractivity contribution in [2.45, 2.75) is 64.2 Å². The summed E-state index contributed by atoms with van der Waals surface area (Å²) in [4.78, 5) is 0. The Morgan fingerprint density at radius 3 is 2.16 bits per heavy atom. The minimum atomic E-state index is -1.65. The molecule has 3 heteroatoms. The summed E-state index contributed by atoms with van der Waals surface area (Å²) < 4.78 is 5.11. The van der Waals surface area contributed by atoms with E-state index >= 15 is 0 Å². The molecule has 3 aromatic carbocycles. The van der Waals surface area contributed by atoms with Crippen LogP contribution in [0.2, 0.25) is 19.6 Å². The molecular weight excluding hydrogens is 537 g/mol. The van der Waals surface area contributed by atoms with E-state index < -0.39 is 8.07 Å². The summed E-state index contributed by atoms with van der Waals surface area (Å²) in [6.07, 6.45) is 4.63. The van der Waals surface area contributed by atoms with Crippen molar-refractivity contribution in [1.82, 2.24) is 0 Å². The van der Waals surface area contributed by atoms with E-state index in [0.717, 1.165) is 18.5 Å². The van der Waals surface area contributed by atoms with Crippen molar-refractivity contribution in [1.29, 1.82) is 0 Å². The summed E-state index contributed by atoms with van der Waals surface area (Å²) in [5.41, 5.74) is 13.1. The predicted octanol–water partition coefficient (Wildman–Crippen LogP) is 8.69. The fourth-order valence-electron chi connectivity index (χ4n) is 7.55. The summed E-state index contributed by atoms with van der Waals surface area (Å²) in [7, 11) is -1.65. The van der Waals surface area contributed by atoms with Gasteiger partial charge in [-0.15, -0.1) is 0 Å². The van der Waals surface area contributed by atoms with Gasteiger partial charge in [-0.1, -0.05) is 88.1 Å². The van der Waals surface area contributed by atoms with Gasteiger partial charge in [0, 0.05) is 40.1 Å². The first kappa shape index (κ1) is 27.7. The zero-order valence-corrected chi connectivity index (χ0v) is 27.1. The Morgan fingerprint density at radius 1 is 0.744 bits per heavy atom. The van der Waals surface area contributed by atoms with Crippen molar-refractivity contribution < 1.29 is 9.13 Å². The third-order valence-corrected chi connectivity index (χ3v) is 11.6. The summed E-state index contributed by atoms with van der Waals surface area (Å²) in [6.45, 7) is 17.2. The lowest BCUT2D eigenvalue weighted by molar-refractivity contribution is -0.725. The molecule has 0 radical (unpaired) electrons. The number of fused-ring (bicyclic) bond motifs is 9. The second-order valence-electron chi connectivity index (χ2n) is 13.7. The summed E-state index contributed by atoms with van der Waals surface area (Å²) >= 11 is 0. The highest BCUT2D eigenvalue weighted by atomic mass is 28.3. The molecule has 0 N–H and O–H groups in total. The molecule has 4 heterocycles.